The van der Waals surface area contributed by atoms with Gasteiger partial charge in [-0.1, -0.05) is 6.92 Å². The van der Waals surface area contributed by atoms with E-state index in [9.17, 15) is 8.78 Å². The Labute approximate surface area is 59.8 Å². The molecule has 0 amide bonds. The minimum absolute atomic E-state index is 0.602. The number of hydrogen-bond donors (Lipinski definition) is 1. The van der Waals surface area contributed by atoms with Crippen LogP contribution < -0.4 is 5.32 Å². The van der Waals surface area contributed by atoms with Crippen molar-refractivity contribution in [3.8, 4) is 0 Å². The molecule has 3 heteroatoms. The highest BCUT2D eigenvalue weighted by Gasteiger charge is 2.35. The van der Waals surface area contributed by atoms with Crippen LogP contribution in [0.15, 0.2) is 0 Å². The van der Waals surface area contributed by atoms with Gasteiger partial charge < -0.3 is 5.32 Å². The molecule has 0 aromatic heterocycles. The van der Waals surface area contributed by atoms with Gasteiger partial charge in [0.1, 0.15) is 0 Å². The predicted octanol–water partition coefficient (Wildman–Crippen LogP) is 1.64. The van der Waals surface area contributed by atoms with Crippen LogP contribution in [0.1, 0.15) is 19.8 Å². The van der Waals surface area contributed by atoms with Gasteiger partial charge in [-0.05, 0) is 25.9 Å². The molecule has 0 radical (unpaired) electrons. The highest BCUT2D eigenvalue weighted by molar-refractivity contribution is 4.82. The van der Waals surface area contributed by atoms with E-state index in [1.54, 1.807) is 6.92 Å². The lowest BCUT2D eigenvalue weighted by atomic mass is 9.81. The van der Waals surface area contributed by atoms with E-state index >= 15 is 0 Å². The minimum atomic E-state index is -2.16. The molecule has 0 aliphatic carbocycles. The van der Waals surface area contributed by atoms with E-state index < -0.39 is 11.8 Å². The van der Waals surface area contributed by atoms with Crippen molar-refractivity contribution in [1.82, 2.24) is 5.32 Å². The Morgan fingerprint density at radius 2 is 1.80 bits per heavy atom. The molecule has 0 atom stereocenters. The van der Waals surface area contributed by atoms with Gasteiger partial charge >= 0.3 is 0 Å². The zero-order valence-corrected chi connectivity index (χ0v) is 6.16. The van der Waals surface area contributed by atoms with Crippen LogP contribution in [-0.4, -0.2) is 19.5 Å². The number of rotatable bonds is 1. The van der Waals surface area contributed by atoms with Gasteiger partial charge in [-0.15, -0.1) is 0 Å². The maximum atomic E-state index is 12.3. The molecule has 60 valence electrons. The molecule has 0 saturated carbocycles. The monoisotopic (exact) mass is 149 g/mol. The van der Waals surface area contributed by atoms with E-state index in [4.69, 9.17) is 0 Å². The van der Waals surface area contributed by atoms with E-state index in [-0.39, 0.29) is 0 Å². The number of piperidine rings is 1. The first-order valence-electron chi connectivity index (χ1n) is 3.64. The van der Waals surface area contributed by atoms with Crippen molar-refractivity contribution in [2.45, 2.75) is 26.2 Å². The molecule has 1 saturated heterocycles. The van der Waals surface area contributed by atoms with Crippen LogP contribution >= 0.6 is 0 Å². The molecular weight excluding hydrogens is 136 g/mol. The fourth-order valence-corrected chi connectivity index (χ4v) is 1.22. The van der Waals surface area contributed by atoms with Crippen LogP contribution in [0.4, 0.5) is 8.78 Å². The van der Waals surface area contributed by atoms with E-state index in [1.165, 1.54) is 0 Å². The Morgan fingerprint density at radius 1 is 1.30 bits per heavy atom. The second-order valence-electron chi connectivity index (χ2n) is 3.20. The first-order valence-corrected chi connectivity index (χ1v) is 3.64. The van der Waals surface area contributed by atoms with Gasteiger partial charge in [0.2, 0.25) is 6.43 Å². The largest absolute Gasteiger partial charge is 0.317 e. The molecule has 10 heavy (non-hydrogen) atoms. The van der Waals surface area contributed by atoms with E-state index in [1.807, 2.05) is 0 Å². The quantitative estimate of drug-likeness (QED) is 0.597. The number of nitrogens with one attached hydrogen (secondary N) is 1. The highest BCUT2D eigenvalue weighted by Crippen LogP contribution is 2.34. The molecule has 0 bridgehead atoms. The van der Waals surface area contributed by atoms with Crippen molar-refractivity contribution in [1.29, 1.82) is 0 Å². The van der Waals surface area contributed by atoms with Crippen molar-refractivity contribution < 1.29 is 8.78 Å². The van der Waals surface area contributed by atoms with Crippen LogP contribution in [0.3, 0.4) is 0 Å². The molecule has 1 fully saturated rings. The molecule has 1 aliphatic rings. The average Bonchev–Trinajstić information content (AvgIpc) is 1.89. The SMILES string of the molecule is CC1(C(F)F)CCNCC1. The van der Waals surface area contributed by atoms with Crippen molar-refractivity contribution in [3.05, 3.63) is 0 Å². The Hall–Kier alpha value is -0.180. The summed E-state index contributed by atoms with van der Waals surface area (Å²) in [5.41, 5.74) is -0.717. The number of hydrogen-bond acceptors (Lipinski definition) is 1. The summed E-state index contributed by atoms with van der Waals surface area (Å²) in [4.78, 5) is 0. The molecule has 1 rings (SSSR count). The van der Waals surface area contributed by atoms with Gasteiger partial charge in [0.05, 0.1) is 0 Å². The third-order valence-electron chi connectivity index (χ3n) is 2.27. The highest BCUT2D eigenvalue weighted by atomic mass is 19.3. The molecule has 0 spiro atoms. The lowest BCUT2D eigenvalue weighted by Gasteiger charge is -2.32. The molecule has 0 unspecified atom stereocenters. The van der Waals surface area contributed by atoms with Crippen LogP contribution in [0.2, 0.25) is 0 Å². The zero-order chi connectivity index (χ0) is 7.61. The van der Waals surface area contributed by atoms with Crippen LogP contribution in [0, 0.1) is 5.41 Å². The van der Waals surface area contributed by atoms with Gasteiger partial charge in [-0.2, -0.15) is 0 Å². The number of halogens is 2. The van der Waals surface area contributed by atoms with E-state index in [2.05, 4.69) is 5.32 Å². The molecule has 0 aromatic carbocycles. The van der Waals surface area contributed by atoms with Gasteiger partial charge in [-0.25, -0.2) is 8.78 Å². The van der Waals surface area contributed by atoms with Crippen LogP contribution in [-0.2, 0) is 0 Å². The first kappa shape index (κ1) is 7.92. The summed E-state index contributed by atoms with van der Waals surface area (Å²) in [5.74, 6) is 0. The Balaban J connectivity index is 2.48. The van der Waals surface area contributed by atoms with Crippen molar-refractivity contribution in [2.24, 2.45) is 5.41 Å². The van der Waals surface area contributed by atoms with Gasteiger partial charge in [0.15, 0.2) is 0 Å². The standard InChI is InChI=1S/C7H13F2N/c1-7(6(8)9)2-4-10-5-3-7/h6,10H,2-5H2,1H3. The summed E-state index contributed by atoms with van der Waals surface area (Å²) in [7, 11) is 0. The number of alkyl halides is 2. The van der Waals surface area contributed by atoms with E-state index in [0.29, 0.717) is 12.8 Å². The van der Waals surface area contributed by atoms with Crippen molar-refractivity contribution in [2.75, 3.05) is 13.1 Å². The Kier molecular flexibility index (Phi) is 2.24. The van der Waals surface area contributed by atoms with E-state index in [0.717, 1.165) is 13.1 Å². The summed E-state index contributed by atoms with van der Waals surface area (Å²) < 4.78 is 24.6. The summed E-state index contributed by atoms with van der Waals surface area (Å²) in [5, 5.41) is 3.06. The lowest BCUT2D eigenvalue weighted by Crippen LogP contribution is -2.39. The van der Waals surface area contributed by atoms with Gasteiger partial charge in [0, 0.05) is 5.41 Å². The smallest absolute Gasteiger partial charge is 0.244 e. The molecule has 1 N–H and O–H groups in total. The lowest BCUT2D eigenvalue weighted by molar-refractivity contribution is -0.0130. The zero-order valence-electron chi connectivity index (χ0n) is 6.16. The second-order valence-corrected chi connectivity index (χ2v) is 3.20. The summed E-state index contributed by atoms with van der Waals surface area (Å²) in [6.45, 7) is 3.14. The predicted molar refractivity (Wildman–Crippen MR) is 36.2 cm³/mol. The van der Waals surface area contributed by atoms with Crippen LogP contribution in [0.5, 0.6) is 0 Å². The Bertz CT molecular complexity index is 108. The maximum absolute atomic E-state index is 12.3. The Morgan fingerprint density at radius 3 is 2.10 bits per heavy atom. The summed E-state index contributed by atoms with van der Waals surface area (Å²) in [6, 6.07) is 0. The summed E-state index contributed by atoms with van der Waals surface area (Å²) in [6.07, 6.45) is -0.954. The minimum Gasteiger partial charge on any atom is -0.317 e. The fraction of sp³-hybridized carbons (Fsp3) is 1.00. The van der Waals surface area contributed by atoms with Crippen molar-refractivity contribution in [3.63, 3.8) is 0 Å². The topological polar surface area (TPSA) is 12.0 Å². The molecule has 0 aromatic rings. The third kappa shape index (κ3) is 1.45. The van der Waals surface area contributed by atoms with Gasteiger partial charge in [0.25, 0.3) is 0 Å². The second kappa shape index (κ2) is 2.82. The molecule has 1 heterocycles. The normalized spacial score (nSPS) is 25.2. The van der Waals surface area contributed by atoms with Gasteiger partial charge in [-0.3, -0.25) is 0 Å². The fourth-order valence-electron chi connectivity index (χ4n) is 1.22. The third-order valence-corrected chi connectivity index (χ3v) is 2.27. The maximum Gasteiger partial charge on any atom is 0.244 e. The average molecular weight is 149 g/mol. The molecule has 1 aliphatic heterocycles. The van der Waals surface area contributed by atoms with Crippen molar-refractivity contribution >= 4 is 0 Å². The summed E-state index contributed by atoms with van der Waals surface area (Å²) >= 11 is 0. The molecule has 1 nitrogen and oxygen atoms in total. The molecular formula is C7H13F2N. The first-order chi connectivity index (χ1) is 4.65. The van der Waals surface area contributed by atoms with Crippen LogP contribution in [0.25, 0.3) is 0 Å².